The highest BCUT2D eigenvalue weighted by Crippen LogP contribution is 2.24. The molecule has 2 aromatic rings. The van der Waals surface area contributed by atoms with Crippen LogP contribution in [-0.2, 0) is 6.54 Å². The van der Waals surface area contributed by atoms with E-state index in [0.717, 1.165) is 18.7 Å². The molecule has 1 aromatic carbocycles. The Bertz CT molecular complexity index is 491. The van der Waals surface area contributed by atoms with Gasteiger partial charge in [0.2, 0.25) is 0 Å². The van der Waals surface area contributed by atoms with Crippen molar-refractivity contribution < 1.29 is 4.39 Å². The normalized spacial score (nSPS) is 10.6. The van der Waals surface area contributed by atoms with Gasteiger partial charge in [-0.2, -0.15) is 5.10 Å². The molecule has 0 aliphatic carbocycles. The number of halogens is 1. The zero-order chi connectivity index (χ0) is 11.5. The summed E-state index contributed by atoms with van der Waals surface area (Å²) < 4.78 is 15.4. The van der Waals surface area contributed by atoms with Crippen molar-refractivity contribution in [1.82, 2.24) is 9.78 Å². The quantitative estimate of drug-likeness (QED) is 0.806. The minimum absolute atomic E-state index is 0.271. The van der Waals surface area contributed by atoms with Crippen molar-refractivity contribution in [2.75, 3.05) is 5.73 Å². The minimum atomic E-state index is -0.271. The summed E-state index contributed by atoms with van der Waals surface area (Å²) in [5, 5.41) is 4.16. The van der Waals surface area contributed by atoms with Gasteiger partial charge in [0.15, 0.2) is 0 Å². The number of nitrogens with two attached hydrogens (primary N) is 1. The molecule has 0 bridgehead atoms. The number of rotatable bonds is 3. The minimum Gasteiger partial charge on any atom is -0.399 e. The third kappa shape index (κ3) is 1.91. The number of nitrogens with zero attached hydrogens (tertiary/aromatic N) is 2. The monoisotopic (exact) mass is 219 g/mol. The molecule has 3 nitrogen and oxygen atoms in total. The largest absolute Gasteiger partial charge is 0.399 e. The molecule has 0 atom stereocenters. The molecule has 0 unspecified atom stereocenters. The van der Waals surface area contributed by atoms with Crippen LogP contribution in [0.1, 0.15) is 13.3 Å². The molecule has 1 heterocycles. The highest BCUT2D eigenvalue weighted by atomic mass is 19.1. The van der Waals surface area contributed by atoms with Gasteiger partial charge < -0.3 is 5.73 Å². The maximum atomic E-state index is 13.7. The van der Waals surface area contributed by atoms with E-state index in [4.69, 9.17) is 5.73 Å². The number of aryl methyl sites for hydroxylation is 1. The Kier molecular flexibility index (Phi) is 2.90. The van der Waals surface area contributed by atoms with E-state index in [1.807, 2.05) is 0 Å². The second-order valence-corrected chi connectivity index (χ2v) is 3.68. The van der Waals surface area contributed by atoms with Gasteiger partial charge in [-0.25, -0.2) is 4.39 Å². The lowest BCUT2D eigenvalue weighted by atomic mass is 10.1. The maximum absolute atomic E-state index is 13.7. The number of hydrogen-bond acceptors (Lipinski definition) is 2. The van der Waals surface area contributed by atoms with E-state index >= 15 is 0 Å². The molecule has 0 aliphatic heterocycles. The summed E-state index contributed by atoms with van der Waals surface area (Å²) in [5.74, 6) is -0.271. The molecular weight excluding hydrogens is 205 g/mol. The van der Waals surface area contributed by atoms with Gasteiger partial charge in [0.25, 0.3) is 0 Å². The van der Waals surface area contributed by atoms with Crippen LogP contribution >= 0.6 is 0 Å². The first-order chi connectivity index (χ1) is 7.72. The van der Waals surface area contributed by atoms with E-state index in [9.17, 15) is 4.39 Å². The maximum Gasteiger partial charge on any atom is 0.132 e. The number of nitrogen functional groups attached to an aromatic ring is 1. The van der Waals surface area contributed by atoms with E-state index in [2.05, 4.69) is 12.0 Å². The van der Waals surface area contributed by atoms with Crippen molar-refractivity contribution in [2.24, 2.45) is 0 Å². The van der Waals surface area contributed by atoms with Gasteiger partial charge in [-0.3, -0.25) is 4.68 Å². The second-order valence-electron chi connectivity index (χ2n) is 3.68. The number of benzene rings is 1. The number of anilines is 1. The predicted octanol–water partition coefficient (Wildman–Crippen LogP) is 2.68. The van der Waals surface area contributed by atoms with Gasteiger partial charge in [-0.15, -0.1) is 0 Å². The van der Waals surface area contributed by atoms with Crippen LogP contribution in [0.4, 0.5) is 10.1 Å². The fraction of sp³-hybridized carbons (Fsp3) is 0.250. The lowest BCUT2D eigenvalue weighted by Crippen LogP contribution is -2.02. The summed E-state index contributed by atoms with van der Waals surface area (Å²) in [5.41, 5.74) is 7.49. The molecule has 0 saturated carbocycles. The zero-order valence-electron chi connectivity index (χ0n) is 9.15. The molecule has 4 heteroatoms. The first kappa shape index (κ1) is 10.7. The molecule has 0 radical (unpaired) electrons. The van der Waals surface area contributed by atoms with Crippen molar-refractivity contribution in [3.63, 3.8) is 0 Å². The van der Waals surface area contributed by atoms with E-state index in [1.54, 1.807) is 29.1 Å². The van der Waals surface area contributed by atoms with Crippen LogP contribution in [0, 0.1) is 5.82 Å². The van der Waals surface area contributed by atoms with E-state index in [-0.39, 0.29) is 5.82 Å². The van der Waals surface area contributed by atoms with E-state index < -0.39 is 0 Å². The van der Waals surface area contributed by atoms with Crippen molar-refractivity contribution in [3.05, 3.63) is 36.3 Å². The fourth-order valence-corrected chi connectivity index (χ4v) is 1.69. The Balaban J connectivity index is 2.49. The van der Waals surface area contributed by atoms with Gasteiger partial charge in [0.1, 0.15) is 5.82 Å². The Morgan fingerprint density at radius 3 is 2.94 bits per heavy atom. The van der Waals surface area contributed by atoms with Gasteiger partial charge >= 0.3 is 0 Å². The van der Waals surface area contributed by atoms with E-state index in [1.165, 1.54) is 6.07 Å². The molecular formula is C12H14FN3. The first-order valence-electron chi connectivity index (χ1n) is 5.29. The smallest absolute Gasteiger partial charge is 0.132 e. The highest BCUT2D eigenvalue weighted by molar-refractivity contribution is 5.64. The predicted molar refractivity (Wildman–Crippen MR) is 62.3 cm³/mol. The third-order valence-electron chi connectivity index (χ3n) is 2.42. The van der Waals surface area contributed by atoms with Crippen LogP contribution in [0.25, 0.3) is 11.3 Å². The zero-order valence-corrected chi connectivity index (χ0v) is 9.15. The Labute approximate surface area is 93.7 Å². The van der Waals surface area contributed by atoms with Crippen molar-refractivity contribution in [1.29, 1.82) is 0 Å². The van der Waals surface area contributed by atoms with Crippen LogP contribution in [0.2, 0.25) is 0 Å². The summed E-state index contributed by atoms with van der Waals surface area (Å²) in [4.78, 5) is 0. The summed E-state index contributed by atoms with van der Waals surface area (Å²) in [7, 11) is 0. The molecule has 0 fully saturated rings. The molecule has 0 amide bonds. The summed E-state index contributed by atoms with van der Waals surface area (Å²) >= 11 is 0. The first-order valence-corrected chi connectivity index (χ1v) is 5.29. The molecule has 84 valence electrons. The molecule has 2 N–H and O–H groups in total. The molecule has 0 saturated heterocycles. The molecule has 0 spiro atoms. The van der Waals surface area contributed by atoms with Crippen LogP contribution in [0.3, 0.4) is 0 Å². The van der Waals surface area contributed by atoms with Crippen LogP contribution in [-0.4, -0.2) is 9.78 Å². The van der Waals surface area contributed by atoms with Gasteiger partial charge in [0, 0.05) is 24.0 Å². The summed E-state index contributed by atoms with van der Waals surface area (Å²) in [6, 6.07) is 6.37. The molecule has 0 aliphatic rings. The lowest BCUT2D eigenvalue weighted by Gasteiger charge is -2.07. The van der Waals surface area contributed by atoms with Crippen LogP contribution in [0.15, 0.2) is 30.5 Å². The summed E-state index contributed by atoms with van der Waals surface area (Å²) in [6.45, 7) is 2.83. The molecule has 2 rings (SSSR count). The highest BCUT2D eigenvalue weighted by Gasteiger charge is 2.10. The molecule has 16 heavy (non-hydrogen) atoms. The van der Waals surface area contributed by atoms with Gasteiger partial charge in [-0.1, -0.05) is 6.92 Å². The SMILES string of the molecule is CCCn1nccc1-c1cc(N)ccc1F. The van der Waals surface area contributed by atoms with Crippen molar-refractivity contribution >= 4 is 5.69 Å². The fourth-order valence-electron chi connectivity index (χ4n) is 1.69. The summed E-state index contributed by atoms with van der Waals surface area (Å²) in [6.07, 6.45) is 2.63. The van der Waals surface area contributed by atoms with Crippen molar-refractivity contribution in [2.45, 2.75) is 19.9 Å². The molecule has 1 aromatic heterocycles. The van der Waals surface area contributed by atoms with E-state index in [0.29, 0.717) is 11.3 Å². The van der Waals surface area contributed by atoms with Gasteiger partial charge in [-0.05, 0) is 30.7 Å². The average Bonchev–Trinajstić information content (AvgIpc) is 2.70. The average molecular weight is 219 g/mol. The standard InChI is InChI=1S/C12H14FN3/c1-2-7-16-12(5-6-15-16)10-8-9(14)3-4-11(10)13/h3-6,8H,2,7,14H2,1H3. The second kappa shape index (κ2) is 4.35. The van der Waals surface area contributed by atoms with Gasteiger partial charge in [0.05, 0.1) is 5.69 Å². The third-order valence-corrected chi connectivity index (χ3v) is 2.42. The Morgan fingerprint density at radius 1 is 1.38 bits per heavy atom. The van der Waals surface area contributed by atoms with Crippen LogP contribution < -0.4 is 5.73 Å². The topological polar surface area (TPSA) is 43.8 Å². The number of aromatic nitrogens is 2. The van der Waals surface area contributed by atoms with Crippen molar-refractivity contribution in [3.8, 4) is 11.3 Å². The number of hydrogen-bond donors (Lipinski definition) is 1. The lowest BCUT2D eigenvalue weighted by molar-refractivity contribution is 0.598. The van der Waals surface area contributed by atoms with Crippen LogP contribution in [0.5, 0.6) is 0 Å². The Morgan fingerprint density at radius 2 is 2.19 bits per heavy atom. The Hall–Kier alpha value is -1.84.